The van der Waals surface area contributed by atoms with E-state index in [0.29, 0.717) is 12.6 Å². The van der Waals surface area contributed by atoms with Crippen LogP contribution in [0.15, 0.2) is 12.2 Å². The molecule has 1 rings (SSSR count). The summed E-state index contributed by atoms with van der Waals surface area (Å²) in [5.41, 5.74) is 0. The molecule has 0 spiro atoms. The second-order valence-corrected chi connectivity index (χ2v) is 5.94. The van der Waals surface area contributed by atoms with Crippen molar-refractivity contribution < 1.29 is 19.1 Å². The fourth-order valence-electron chi connectivity index (χ4n) is 2.90. The summed E-state index contributed by atoms with van der Waals surface area (Å²) >= 11 is 0. The van der Waals surface area contributed by atoms with Crippen LogP contribution in [0.3, 0.4) is 0 Å². The van der Waals surface area contributed by atoms with Crippen molar-refractivity contribution in [1.82, 2.24) is 0 Å². The summed E-state index contributed by atoms with van der Waals surface area (Å²) in [6, 6.07) is 0.319. The van der Waals surface area contributed by atoms with E-state index in [9.17, 15) is 9.90 Å². The van der Waals surface area contributed by atoms with Crippen LogP contribution in [0.25, 0.3) is 0 Å². The molecular weight excluding hydrogens is 242 g/mol. The highest BCUT2D eigenvalue weighted by atomic mass is 16.5. The molecule has 0 aromatic rings. The molecule has 0 aliphatic heterocycles. The van der Waals surface area contributed by atoms with Gasteiger partial charge in [-0.15, -0.1) is 0 Å². The molecule has 4 nitrogen and oxygen atoms in total. The van der Waals surface area contributed by atoms with Crippen LogP contribution in [-0.4, -0.2) is 55.0 Å². The minimum Gasteiger partial charge on any atom is -0.462 e. The molecule has 0 bridgehead atoms. The van der Waals surface area contributed by atoms with Gasteiger partial charge in [0.25, 0.3) is 0 Å². The predicted octanol–water partition coefficient (Wildman–Crippen LogP) is 1.88. The van der Waals surface area contributed by atoms with Crippen LogP contribution in [0.4, 0.5) is 0 Å². The van der Waals surface area contributed by atoms with Gasteiger partial charge in [-0.1, -0.05) is 12.5 Å². The standard InChI is InChI=1S/C15H28NO3/c1-4-8-15(18)19-12-7-11-16(2,3)13-9-5-6-10-14(13)17/h4,8,13-14,17H,5-7,9-12H2,1-3H3/q+1. The molecule has 1 aliphatic carbocycles. The first-order valence-corrected chi connectivity index (χ1v) is 7.27. The number of hydrogen-bond donors (Lipinski definition) is 1. The van der Waals surface area contributed by atoms with E-state index in [4.69, 9.17) is 4.74 Å². The number of carbonyl (C=O) groups excluding carboxylic acids is 1. The average Bonchev–Trinajstić information content (AvgIpc) is 2.35. The normalized spacial score (nSPS) is 24.6. The van der Waals surface area contributed by atoms with Crippen molar-refractivity contribution in [2.24, 2.45) is 0 Å². The smallest absolute Gasteiger partial charge is 0.330 e. The molecule has 0 radical (unpaired) electrons. The molecule has 1 saturated carbocycles. The van der Waals surface area contributed by atoms with Gasteiger partial charge in [0.1, 0.15) is 12.1 Å². The van der Waals surface area contributed by atoms with E-state index >= 15 is 0 Å². The lowest BCUT2D eigenvalue weighted by atomic mass is 9.90. The summed E-state index contributed by atoms with van der Waals surface area (Å²) in [4.78, 5) is 11.2. The van der Waals surface area contributed by atoms with Crippen molar-refractivity contribution >= 4 is 5.97 Å². The van der Waals surface area contributed by atoms with Crippen molar-refractivity contribution in [3.8, 4) is 0 Å². The molecule has 0 heterocycles. The maximum atomic E-state index is 11.2. The van der Waals surface area contributed by atoms with E-state index < -0.39 is 0 Å². The number of ether oxygens (including phenoxy) is 1. The van der Waals surface area contributed by atoms with Gasteiger partial charge >= 0.3 is 5.97 Å². The number of nitrogens with zero attached hydrogens (tertiary/aromatic N) is 1. The highest BCUT2D eigenvalue weighted by Crippen LogP contribution is 2.26. The Hall–Kier alpha value is -0.870. The Labute approximate surface area is 116 Å². The molecule has 0 saturated heterocycles. The average molecular weight is 270 g/mol. The Kier molecular flexibility index (Phi) is 6.52. The van der Waals surface area contributed by atoms with Gasteiger partial charge in [-0.3, -0.25) is 0 Å². The minimum absolute atomic E-state index is 0.186. The number of aliphatic hydroxyl groups excluding tert-OH is 1. The predicted molar refractivity (Wildman–Crippen MR) is 75.6 cm³/mol. The van der Waals surface area contributed by atoms with Crippen molar-refractivity contribution in [2.75, 3.05) is 27.2 Å². The number of carbonyl (C=O) groups is 1. The second kappa shape index (κ2) is 7.65. The van der Waals surface area contributed by atoms with Crippen LogP contribution in [0.1, 0.15) is 39.0 Å². The lowest BCUT2D eigenvalue weighted by Crippen LogP contribution is -2.56. The van der Waals surface area contributed by atoms with E-state index in [0.717, 1.165) is 36.7 Å². The van der Waals surface area contributed by atoms with Crippen LogP contribution in [0.2, 0.25) is 0 Å². The lowest BCUT2D eigenvalue weighted by Gasteiger charge is -2.42. The van der Waals surface area contributed by atoms with Crippen LogP contribution in [-0.2, 0) is 9.53 Å². The molecule has 0 amide bonds. The minimum atomic E-state index is -0.273. The third kappa shape index (κ3) is 5.33. The molecule has 19 heavy (non-hydrogen) atoms. The van der Waals surface area contributed by atoms with Crippen LogP contribution >= 0.6 is 0 Å². The number of likely N-dealkylation sites (N-methyl/N-ethyl adjacent to an activating group) is 1. The van der Waals surface area contributed by atoms with Gasteiger partial charge < -0.3 is 14.3 Å². The number of esters is 1. The van der Waals surface area contributed by atoms with Crippen molar-refractivity contribution in [3.05, 3.63) is 12.2 Å². The molecule has 2 unspecified atom stereocenters. The summed E-state index contributed by atoms with van der Waals surface area (Å²) in [6.07, 6.45) is 8.12. The van der Waals surface area contributed by atoms with Crippen LogP contribution in [0, 0.1) is 0 Å². The number of rotatable bonds is 6. The van der Waals surface area contributed by atoms with Gasteiger partial charge in [-0.2, -0.15) is 0 Å². The van der Waals surface area contributed by atoms with E-state index in [1.165, 1.54) is 12.5 Å². The van der Waals surface area contributed by atoms with E-state index in [1.54, 1.807) is 13.0 Å². The summed E-state index contributed by atoms with van der Waals surface area (Å²) in [5, 5.41) is 10.1. The zero-order valence-corrected chi connectivity index (χ0v) is 12.5. The lowest BCUT2D eigenvalue weighted by molar-refractivity contribution is -0.920. The maximum Gasteiger partial charge on any atom is 0.330 e. The number of quaternary nitrogens is 1. The van der Waals surface area contributed by atoms with E-state index in [1.807, 2.05) is 0 Å². The molecule has 2 atom stereocenters. The number of hydrogen-bond acceptors (Lipinski definition) is 3. The van der Waals surface area contributed by atoms with Crippen molar-refractivity contribution in [1.29, 1.82) is 0 Å². The van der Waals surface area contributed by atoms with Crippen molar-refractivity contribution in [3.63, 3.8) is 0 Å². The Morgan fingerprint density at radius 2 is 2.05 bits per heavy atom. The number of allylic oxidation sites excluding steroid dienone is 1. The molecule has 1 fully saturated rings. The summed E-state index contributed by atoms with van der Waals surface area (Å²) < 4.78 is 5.90. The van der Waals surface area contributed by atoms with Gasteiger partial charge in [0, 0.05) is 18.9 Å². The molecule has 4 heteroatoms. The summed E-state index contributed by atoms with van der Waals surface area (Å²) in [5.74, 6) is -0.273. The molecule has 1 aliphatic rings. The molecule has 0 aromatic heterocycles. The van der Waals surface area contributed by atoms with Gasteiger partial charge in [0.2, 0.25) is 0 Å². The molecule has 0 aromatic carbocycles. The second-order valence-electron chi connectivity index (χ2n) is 5.94. The monoisotopic (exact) mass is 270 g/mol. The Morgan fingerprint density at radius 3 is 2.68 bits per heavy atom. The summed E-state index contributed by atoms with van der Waals surface area (Å²) in [6.45, 7) is 3.17. The Bertz CT molecular complexity index is 313. The van der Waals surface area contributed by atoms with E-state index in [2.05, 4.69) is 14.1 Å². The van der Waals surface area contributed by atoms with Gasteiger partial charge in [-0.25, -0.2) is 4.79 Å². The maximum absolute atomic E-state index is 11.2. The van der Waals surface area contributed by atoms with Gasteiger partial charge in [0.05, 0.1) is 27.2 Å². The third-order valence-electron chi connectivity index (χ3n) is 4.02. The fourth-order valence-corrected chi connectivity index (χ4v) is 2.90. The topological polar surface area (TPSA) is 46.5 Å². The highest BCUT2D eigenvalue weighted by Gasteiger charge is 2.35. The van der Waals surface area contributed by atoms with Gasteiger partial charge in [-0.05, 0) is 19.8 Å². The third-order valence-corrected chi connectivity index (χ3v) is 4.02. The fraction of sp³-hybridized carbons (Fsp3) is 0.800. The SMILES string of the molecule is CC=CC(=O)OCCC[N+](C)(C)C1CCCCC1O. The van der Waals surface area contributed by atoms with Crippen molar-refractivity contribution in [2.45, 2.75) is 51.2 Å². The quantitative estimate of drug-likeness (QED) is 0.347. The zero-order valence-electron chi connectivity index (χ0n) is 12.5. The van der Waals surface area contributed by atoms with Crippen LogP contribution < -0.4 is 0 Å². The number of aliphatic hydroxyl groups is 1. The molecule has 1 N–H and O–H groups in total. The molecule has 110 valence electrons. The van der Waals surface area contributed by atoms with Gasteiger partial charge in [0.15, 0.2) is 0 Å². The Morgan fingerprint density at radius 1 is 1.37 bits per heavy atom. The summed E-state index contributed by atoms with van der Waals surface area (Å²) in [7, 11) is 4.32. The van der Waals surface area contributed by atoms with E-state index in [-0.39, 0.29) is 12.1 Å². The first-order valence-electron chi connectivity index (χ1n) is 7.27. The Balaban J connectivity index is 2.31. The first kappa shape index (κ1) is 16.2. The largest absolute Gasteiger partial charge is 0.462 e. The zero-order chi connectivity index (χ0) is 14.3. The first-order chi connectivity index (χ1) is 8.97. The highest BCUT2D eigenvalue weighted by molar-refractivity contribution is 5.81. The van der Waals surface area contributed by atoms with Crippen LogP contribution in [0.5, 0.6) is 0 Å². The molecular formula is C15H28NO3+.